The van der Waals surface area contributed by atoms with Crippen molar-refractivity contribution in [3.8, 4) is 5.75 Å². The third kappa shape index (κ3) is 5.06. The van der Waals surface area contributed by atoms with Crippen LogP contribution in [0.2, 0.25) is 0 Å². The van der Waals surface area contributed by atoms with Gasteiger partial charge in [-0.25, -0.2) is 17.8 Å². The Morgan fingerprint density at radius 2 is 1.97 bits per heavy atom. The van der Waals surface area contributed by atoms with E-state index in [0.717, 1.165) is 5.52 Å². The Morgan fingerprint density at radius 3 is 2.68 bits per heavy atom. The largest absolute Gasteiger partial charge is 0.494 e. The summed E-state index contributed by atoms with van der Waals surface area (Å²) < 4.78 is 53.1. The highest BCUT2D eigenvalue weighted by Gasteiger charge is 2.27. The van der Waals surface area contributed by atoms with Gasteiger partial charge in [0.2, 0.25) is 15.9 Å². The molecule has 182 valence electrons. The van der Waals surface area contributed by atoms with Crippen molar-refractivity contribution in [3.63, 3.8) is 0 Å². The lowest BCUT2D eigenvalue weighted by atomic mass is 10.2. The van der Waals surface area contributed by atoms with Crippen molar-refractivity contribution in [2.24, 2.45) is 7.05 Å². The number of methoxy groups -OCH3 is 1. The molecular weight excluding hydrogens is 463 g/mol. The van der Waals surface area contributed by atoms with E-state index in [4.69, 9.17) is 9.47 Å². The summed E-state index contributed by atoms with van der Waals surface area (Å²) in [6, 6.07) is 9.42. The van der Waals surface area contributed by atoms with Gasteiger partial charge in [-0.1, -0.05) is 6.07 Å². The number of benzene rings is 2. The Kier molecular flexibility index (Phi) is 7.15. The average Bonchev–Trinajstić information content (AvgIpc) is 3.16. The number of hydrogen-bond donors (Lipinski definition) is 1. The van der Waals surface area contributed by atoms with Crippen LogP contribution in [-0.4, -0.2) is 61.6 Å². The summed E-state index contributed by atoms with van der Waals surface area (Å²) in [5.74, 6) is 0.141. The molecule has 0 bridgehead atoms. The van der Waals surface area contributed by atoms with Crippen molar-refractivity contribution in [1.82, 2.24) is 19.2 Å². The molecule has 1 aliphatic rings. The number of rotatable bonds is 8. The monoisotopic (exact) mass is 490 g/mol. The van der Waals surface area contributed by atoms with Crippen LogP contribution in [0.5, 0.6) is 5.75 Å². The van der Waals surface area contributed by atoms with Gasteiger partial charge in [-0.05, 0) is 35.9 Å². The summed E-state index contributed by atoms with van der Waals surface area (Å²) in [4.78, 5) is 17.1. The van der Waals surface area contributed by atoms with E-state index in [0.29, 0.717) is 49.6 Å². The molecule has 2 heterocycles. The number of fused-ring (bicyclic) bond motifs is 1. The van der Waals surface area contributed by atoms with Crippen LogP contribution < -0.4 is 10.1 Å². The number of halogens is 1. The molecule has 9 nitrogen and oxygen atoms in total. The van der Waals surface area contributed by atoms with Crippen LogP contribution in [0.3, 0.4) is 0 Å². The zero-order chi connectivity index (χ0) is 24.3. The second-order valence-corrected chi connectivity index (χ2v) is 9.94. The molecule has 1 aliphatic heterocycles. The first-order valence-corrected chi connectivity index (χ1v) is 12.4. The van der Waals surface area contributed by atoms with Crippen LogP contribution >= 0.6 is 0 Å². The minimum absolute atomic E-state index is 0.151. The highest BCUT2D eigenvalue weighted by molar-refractivity contribution is 7.89. The number of ether oxygens (including phenoxy) is 2. The molecule has 0 radical (unpaired) electrons. The summed E-state index contributed by atoms with van der Waals surface area (Å²) in [5.41, 5.74) is 1.97. The molecule has 4 rings (SSSR count). The number of aromatic nitrogens is 2. The molecule has 1 saturated heterocycles. The number of hydrogen-bond acceptors (Lipinski definition) is 6. The topological polar surface area (TPSA) is 103 Å². The maximum absolute atomic E-state index is 13.8. The van der Waals surface area contributed by atoms with Crippen molar-refractivity contribution in [2.45, 2.75) is 24.3 Å². The van der Waals surface area contributed by atoms with Gasteiger partial charge in [0.15, 0.2) is 11.6 Å². The van der Waals surface area contributed by atoms with E-state index >= 15 is 0 Å². The summed E-state index contributed by atoms with van der Waals surface area (Å²) in [5, 5.41) is 2.77. The fourth-order valence-corrected chi connectivity index (χ4v) is 5.31. The second kappa shape index (κ2) is 10.1. The Hall–Kier alpha value is -3.02. The van der Waals surface area contributed by atoms with Gasteiger partial charge in [-0.2, -0.15) is 4.31 Å². The van der Waals surface area contributed by atoms with E-state index in [1.165, 1.54) is 23.5 Å². The fourth-order valence-electron chi connectivity index (χ4n) is 3.88. The lowest BCUT2D eigenvalue weighted by molar-refractivity contribution is -0.121. The number of aryl methyl sites for hydroxylation is 2. The number of imidazole rings is 1. The van der Waals surface area contributed by atoms with Gasteiger partial charge in [-0.3, -0.25) is 4.79 Å². The van der Waals surface area contributed by atoms with Crippen LogP contribution in [0.15, 0.2) is 41.3 Å². The van der Waals surface area contributed by atoms with Crippen molar-refractivity contribution >= 4 is 27.0 Å². The number of carbonyl (C=O) groups is 1. The predicted molar refractivity (Wildman–Crippen MR) is 123 cm³/mol. The van der Waals surface area contributed by atoms with Crippen molar-refractivity contribution < 1.29 is 27.1 Å². The third-order valence-electron chi connectivity index (χ3n) is 5.83. The van der Waals surface area contributed by atoms with Crippen molar-refractivity contribution in [1.29, 1.82) is 0 Å². The van der Waals surface area contributed by atoms with E-state index in [9.17, 15) is 17.6 Å². The number of sulfonamides is 1. The molecule has 0 spiro atoms. The van der Waals surface area contributed by atoms with E-state index < -0.39 is 15.8 Å². The number of morpholine rings is 1. The summed E-state index contributed by atoms with van der Waals surface area (Å²) >= 11 is 0. The Labute approximate surface area is 197 Å². The first-order chi connectivity index (χ1) is 16.3. The molecule has 1 N–H and O–H groups in total. The molecule has 3 aromatic rings. The zero-order valence-corrected chi connectivity index (χ0v) is 19.9. The number of nitrogens with zero attached hydrogens (tertiary/aromatic N) is 3. The van der Waals surface area contributed by atoms with Crippen LogP contribution in [0.25, 0.3) is 11.0 Å². The Bertz CT molecular complexity index is 1300. The third-order valence-corrected chi connectivity index (χ3v) is 7.73. The average molecular weight is 491 g/mol. The summed E-state index contributed by atoms with van der Waals surface area (Å²) in [7, 11) is -0.393. The van der Waals surface area contributed by atoms with Gasteiger partial charge in [0.1, 0.15) is 5.82 Å². The van der Waals surface area contributed by atoms with Gasteiger partial charge in [0.05, 0.1) is 36.3 Å². The highest BCUT2D eigenvalue weighted by atomic mass is 32.2. The van der Waals surface area contributed by atoms with Crippen molar-refractivity contribution in [3.05, 3.63) is 53.6 Å². The molecule has 11 heteroatoms. The normalized spacial score (nSPS) is 14.9. The highest BCUT2D eigenvalue weighted by Crippen LogP contribution is 2.23. The maximum atomic E-state index is 13.8. The molecule has 1 aromatic heterocycles. The van der Waals surface area contributed by atoms with Crippen molar-refractivity contribution in [2.75, 3.05) is 33.4 Å². The number of carbonyl (C=O) groups excluding carboxylic acids is 1. The minimum atomic E-state index is -3.62. The van der Waals surface area contributed by atoms with Crippen LogP contribution in [0, 0.1) is 5.82 Å². The lowest BCUT2D eigenvalue weighted by Crippen LogP contribution is -2.40. The fraction of sp³-hybridized carbons (Fsp3) is 0.391. The Morgan fingerprint density at radius 1 is 1.21 bits per heavy atom. The van der Waals surface area contributed by atoms with Gasteiger partial charge < -0.3 is 19.4 Å². The number of amides is 1. The van der Waals surface area contributed by atoms with E-state index in [1.54, 1.807) is 24.3 Å². The second-order valence-electron chi connectivity index (χ2n) is 8.00. The molecule has 0 saturated carbocycles. The molecule has 34 heavy (non-hydrogen) atoms. The van der Waals surface area contributed by atoms with Gasteiger partial charge >= 0.3 is 0 Å². The molecule has 1 amide bonds. The standard InChI is InChI=1S/C23H27FN4O5S/c1-27-20-5-4-17(34(30,31)28-9-11-33-12-10-28)14-19(20)26-22(27)7-8-23(29)25-15-16-3-6-21(32-2)18(24)13-16/h3-6,13-14H,7-12,15H2,1-2H3,(H,25,29). The first-order valence-electron chi connectivity index (χ1n) is 10.9. The van der Waals surface area contributed by atoms with Gasteiger partial charge in [-0.15, -0.1) is 0 Å². The minimum Gasteiger partial charge on any atom is -0.494 e. The molecule has 0 unspecified atom stereocenters. The van der Waals surface area contributed by atoms with Gasteiger partial charge in [0.25, 0.3) is 0 Å². The number of nitrogens with one attached hydrogen (secondary N) is 1. The quantitative estimate of drug-likeness (QED) is 0.518. The molecule has 1 fully saturated rings. The lowest BCUT2D eigenvalue weighted by Gasteiger charge is -2.26. The van der Waals surface area contributed by atoms with Crippen LogP contribution in [0.4, 0.5) is 4.39 Å². The molecule has 0 atom stereocenters. The zero-order valence-electron chi connectivity index (χ0n) is 19.1. The first kappa shape index (κ1) is 24.1. The van der Waals surface area contributed by atoms with E-state index in [2.05, 4.69) is 10.3 Å². The SMILES string of the molecule is COc1ccc(CNC(=O)CCc2nc3cc(S(=O)(=O)N4CCOCC4)ccc3n2C)cc1F. The van der Waals surface area contributed by atoms with Crippen LogP contribution in [-0.2, 0) is 39.6 Å². The predicted octanol–water partition coefficient (Wildman–Crippen LogP) is 1.99. The maximum Gasteiger partial charge on any atom is 0.243 e. The summed E-state index contributed by atoms with van der Waals surface area (Å²) in [6.07, 6.45) is 0.564. The van der Waals surface area contributed by atoms with Gasteiger partial charge in [0, 0.05) is 39.5 Å². The molecule has 2 aromatic carbocycles. The summed E-state index contributed by atoms with van der Waals surface area (Å²) in [6.45, 7) is 1.61. The van der Waals surface area contributed by atoms with E-state index in [-0.39, 0.29) is 29.5 Å². The molecule has 0 aliphatic carbocycles. The smallest absolute Gasteiger partial charge is 0.243 e. The Balaban J connectivity index is 1.40. The van der Waals surface area contributed by atoms with E-state index in [1.807, 2.05) is 11.6 Å². The molecular formula is C23H27FN4O5S. The van der Waals surface area contributed by atoms with Crippen LogP contribution in [0.1, 0.15) is 17.8 Å².